The molecule has 1 aromatic rings. The summed E-state index contributed by atoms with van der Waals surface area (Å²) in [6.07, 6.45) is -7.54. The topological polar surface area (TPSA) is 26.9 Å². The van der Waals surface area contributed by atoms with Crippen molar-refractivity contribution in [2.24, 2.45) is 0 Å². The average Bonchev–Trinajstić information content (AvgIpc) is 2.02. The Labute approximate surface area is 75.2 Å². The summed E-state index contributed by atoms with van der Waals surface area (Å²) < 4.78 is 59.7. The Morgan fingerprint density at radius 1 is 1.29 bits per heavy atom. The number of nitrogens with zero attached hydrogens (tertiary/aromatic N) is 1. The summed E-state index contributed by atoms with van der Waals surface area (Å²) in [6, 6.07) is 0.580. The van der Waals surface area contributed by atoms with Crippen LogP contribution in [-0.4, -0.2) is 0 Å². The van der Waals surface area contributed by atoms with Gasteiger partial charge in [-0.3, -0.25) is 0 Å². The van der Waals surface area contributed by atoms with Gasteiger partial charge in [-0.05, 0) is 0 Å². The van der Waals surface area contributed by atoms with E-state index in [1.807, 2.05) is 0 Å². The summed E-state index contributed by atoms with van der Waals surface area (Å²) in [5.41, 5.74) is -2.47. The van der Waals surface area contributed by atoms with Crippen LogP contribution < -0.4 is 4.73 Å². The molecule has 2 nitrogen and oxygen atoms in total. The monoisotopic (exact) mass is 213 g/mol. The number of alkyl halides is 5. The fourth-order valence-electron chi connectivity index (χ4n) is 0.841. The average molecular weight is 213 g/mol. The molecule has 0 aliphatic heterocycles. The maximum Gasteiger partial charge on any atom is 0.416 e. The maximum atomic E-state index is 12.0. The molecule has 0 radical (unpaired) electrons. The van der Waals surface area contributed by atoms with Gasteiger partial charge in [0.25, 0.3) is 5.69 Å². The van der Waals surface area contributed by atoms with Gasteiger partial charge in [0.1, 0.15) is 0 Å². The van der Waals surface area contributed by atoms with Crippen LogP contribution in [0.3, 0.4) is 0 Å². The Morgan fingerprint density at radius 3 is 2.29 bits per heavy atom. The van der Waals surface area contributed by atoms with Gasteiger partial charge in [0, 0.05) is 12.1 Å². The highest BCUT2D eigenvalue weighted by atomic mass is 19.4. The third-order valence-corrected chi connectivity index (χ3v) is 1.50. The molecule has 0 aliphatic rings. The van der Waals surface area contributed by atoms with Gasteiger partial charge >= 0.3 is 12.6 Å². The normalized spacial score (nSPS) is 12.1. The van der Waals surface area contributed by atoms with E-state index in [9.17, 15) is 27.2 Å². The van der Waals surface area contributed by atoms with E-state index in [0.717, 1.165) is 0 Å². The fraction of sp³-hybridized carbons (Fsp3) is 0.286. The SMILES string of the molecule is [O-][n+]1ccc(C(F)(F)F)cc1C(F)F. The van der Waals surface area contributed by atoms with Crippen molar-refractivity contribution in [1.82, 2.24) is 0 Å². The van der Waals surface area contributed by atoms with Crippen LogP contribution in [0.5, 0.6) is 0 Å². The van der Waals surface area contributed by atoms with Gasteiger partial charge in [0.2, 0.25) is 0 Å². The molecule has 78 valence electrons. The Morgan fingerprint density at radius 2 is 1.86 bits per heavy atom. The first-order chi connectivity index (χ1) is 6.32. The second-order valence-electron chi connectivity index (χ2n) is 2.46. The molecule has 0 saturated heterocycles. The summed E-state index contributed by atoms with van der Waals surface area (Å²) >= 11 is 0. The molecule has 1 rings (SSSR count). The first-order valence-electron chi connectivity index (χ1n) is 3.41. The van der Waals surface area contributed by atoms with E-state index in [2.05, 4.69) is 0 Å². The highest BCUT2D eigenvalue weighted by Crippen LogP contribution is 2.30. The van der Waals surface area contributed by atoms with Gasteiger partial charge < -0.3 is 5.21 Å². The minimum atomic E-state index is -4.72. The third-order valence-electron chi connectivity index (χ3n) is 1.50. The number of hydrogen-bond donors (Lipinski definition) is 0. The largest absolute Gasteiger partial charge is 0.618 e. The molecule has 0 spiro atoms. The van der Waals surface area contributed by atoms with Crippen LogP contribution in [0, 0.1) is 5.21 Å². The molecule has 0 atom stereocenters. The number of pyridine rings is 1. The Balaban J connectivity index is 3.20. The van der Waals surface area contributed by atoms with Crippen molar-refractivity contribution in [3.63, 3.8) is 0 Å². The predicted octanol–water partition coefficient (Wildman–Crippen LogP) is 2.28. The van der Waals surface area contributed by atoms with E-state index in [0.29, 0.717) is 12.3 Å². The fourth-order valence-corrected chi connectivity index (χ4v) is 0.841. The molecule has 0 fully saturated rings. The second kappa shape index (κ2) is 3.39. The highest BCUT2D eigenvalue weighted by Gasteiger charge is 2.33. The van der Waals surface area contributed by atoms with Crippen molar-refractivity contribution in [2.45, 2.75) is 12.6 Å². The lowest BCUT2D eigenvalue weighted by atomic mass is 10.2. The van der Waals surface area contributed by atoms with E-state index < -0.39 is 23.9 Å². The molecule has 0 saturated carbocycles. The highest BCUT2D eigenvalue weighted by molar-refractivity contribution is 5.16. The van der Waals surface area contributed by atoms with Gasteiger partial charge in [0.15, 0.2) is 6.20 Å². The quantitative estimate of drug-likeness (QED) is 0.399. The number of halogens is 5. The van der Waals surface area contributed by atoms with Crippen molar-refractivity contribution in [3.05, 3.63) is 34.8 Å². The van der Waals surface area contributed by atoms with E-state index in [4.69, 9.17) is 0 Å². The van der Waals surface area contributed by atoms with Crippen molar-refractivity contribution in [1.29, 1.82) is 0 Å². The van der Waals surface area contributed by atoms with Gasteiger partial charge in [-0.15, -0.1) is 0 Å². The van der Waals surface area contributed by atoms with Gasteiger partial charge in [-0.1, -0.05) is 0 Å². The first-order valence-corrected chi connectivity index (χ1v) is 3.41. The number of hydrogen-bond acceptors (Lipinski definition) is 1. The van der Waals surface area contributed by atoms with Gasteiger partial charge in [-0.2, -0.15) is 26.7 Å². The minimum Gasteiger partial charge on any atom is -0.618 e. The van der Waals surface area contributed by atoms with Gasteiger partial charge in [-0.25, -0.2) is 0 Å². The zero-order valence-electron chi connectivity index (χ0n) is 6.55. The molecule has 1 aromatic heterocycles. The Kier molecular flexibility index (Phi) is 2.59. The van der Waals surface area contributed by atoms with Crippen LogP contribution in [0.15, 0.2) is 18.3 Å². The molecule has 0 bridgehead atoms. The molecular formula is C7H4F5NO. The van der Waals surface area contributed by atoms with Crippen LogP contribution >= 0.6 is 0 Å². The first kappa shape index (κ1) is 10.7. The third kappa shape index (κ3) is 2.09. The van der Waals surface area contributed by atoms with Crippen LogP contribution in [0.4, 0.5) is 22.0 Å². The Bertz CT molecular complexity index is 335. The molecule has 14 heavy (non-hydrogen) atoms. The molecule has 7 heteroatoms. The summed E-state index contributed by atoms with van der Waals surface area (Å²) in [7, 11) is 0. The van der Waals surface area contributed by atoms with Crippen LogP contribution in [0.2, 0.25) is 0 Å². The molecular weight excluding hydrogens is 209 g/mol. The summed E-state index contributed by atoms with van der Waals surface area (Å²) in [6.45, 7) is 0. The van der Waals surface area contributed by atoms with Crippen LogP contribution in [0.1, 0.15) is 17.7 Å². The molecule has 0 N–H and O–H groups in total. The lowest BCUT2D eigenvalue weighted by Crippen LogP contribution is -2.32. The molecule has 0 aliphatic carbocycles. The molecule has 0 aromatic carbocycles. The van der Waals surface area contributed by atoms with E-state index in [1.54, 1.807) is 0 Å². The zero-order chi connectivity index (χ0) is 10.9. The standard InChI is InChI=1S/C7H4F5NO/c8-6(9)5-3-4(7(10,11)12)1-2-13(5)14/h1-3,6H. The second-order valence-corrected chi connectivity index (χ2v) is 2.46. The summed E-state index contributed by atoms with van der Waals surface area (Å²) in [4.78, 5) is 0. The van der Waals surface area contributed by atoms with Crippen molar-refractivity contribution in [2.75, 3.05) is 0 Å². The van der Waals surface area contributed by atoms with Crippen molar-refractivity contribution < 1.29 is 26.7 Å². The van der Waals surface area contributed by atoms with Crippen LogP contribution in [-0.2, 0) is 6.18 Å². The lowest BCUT2D eigenvalue weighted by molar-refractivity contribution is -0.620. The van der Waals surface area contributed by atoms with E-state index in [-0.39, 0.29) is 10.8 Å². The molecule has 0 amide bonds. The number of rotatable bonds is 1. The summed E-state index contributed by atoms with van der Waals surface area (Å²) in [5.74, 6) is 0. The molecule has 0 unspecified atom stereocenters. The van der Waals surface area contributed by atoms with Crippen molar-refractivity contribution >= 4 is 0 Å². The Hall–Kier alpha value is -1.40. The minimum absolute atomic E-state index is 0.137. The number of aromatic nitrogens is 1. The lowest BCUT2D eigenvalue weighted by Gasteiger charge is -2.08. The smallest absolute Gasteiger partial charge is 0.416 e. The maximum absolute atomic E-state index is 12.0. The molecule has 1 heterocycles. The predicted molar refractivity (Wildman–Crippen MR) is 35.4 cm³/mol. The van der Waals surface area contributed by atoms with Crippen LogP contribution in [0.25, 0.3) is 0 Å². The van der Waals surface area contributed by atoms with Gasteiger partial charge in [0.05, 0.1) is 5.56 Å². The van der Waals surface area contributed by atoms with Crippen molar-refractivity contribution in [3.8, 4) is 0 Å². The van der Waals surface area contributed by atoms with E-state index in [1.165, 1.54) is 0 Å². The zero-order valence-corrected chi connectivity index (χ0v) is 6.55. The summed E-state index contributed by atoms with van der Waals surface area (Å²) in [5, 5.41) is 10.6. The van der Waals surface area contributed by atoms with E-state index >= 15 is 0 Å².